The van der Waals surface area contributed by atoms with Crippen LogP contribution in [0.4, 0.5) is 5.95 Å². The van der Waals surface area contributed by atoms with Crippen LogP contribution in [0.25, 0.3) is 0 Å². The molecule has 0 radical (unpaired) electrons. The molecule has 7 nitrogen and oxygen atoms in total. The SMILES string of the molecule is CCOCCCn1c(CC(C)(C)C)nnc1N1CCN(C2CCN(C(C)C)CC2)CC1. The van der Waals surface area contributed by atoms with Gasteiger partial charge in [-0.25, -0.2) is 0 Å². The number of hydrogen-bond donors (Lipinski definition) is 0. The quantitative estimate of drug-likeness (QED) is 0.556. The lowest BCUT2D eigenvalue weighted by atomic mass is 9.92. The predicted molar refractivity (Wildman–Crippen MR) is 128 cm³/mol. The smallest absolute Gasteiger partial charge is 0.227 e. The molecule has 7 heteroatoms. The Kier molecular flexibility index (Phi) is 8.76. The Labute approximate surface area is 190 Å². The lowest BCUT2D eigenvalue weighted by Crippen LogP contribution is -2.54. The zero-order valence-corrected chi connectivity index (χ0v) is 20.9. The fourth-order valence-corrected chi connectivity index (χ4v) is 4.92. The van der Waals surface area contributed by atoms with Gasteiger partial charge in [0.15, 0.2) is 0 Å². The van der Waals surface area contributed by atoms with Gasteiger partial charge in [-0.3, -0.25) is 9.47 Å². The van der Waals surface area contributed by atoms with Crippen LogP contribution in [0.2, 0.25) is 0 Å². The zero-order valence-electron chi connectivity index (χ0n) is 20.9. The van der Waals surface area contributed by atoms with E-state index in [4.69, 9.17) is 4.74 Å². The molecule has 0 unspecified atom stereocenters. The standard InChI is InChI=1S/C24H46N6O/c1-7-31-18-8-11-30-22(19-24(4,5)6)25-26-23(30)29-16-14-28(15-17-29)21-9-12-27(13-10-21)20(2)3/h20-21H,7-19H2,1-6H3. The molecule has 0 aliphatic carbocycles. The maximum Gasteiger partial charge on any atom is 0.227 e. The van der Waals surface area contributed by atoms with Crippen LogP contribution < -0.4 is 4.90 Å². The highest BCUT2D eigenvalue weighted by atomic mass is 16.5. The van der Waals surface area contributed by atoms with E-state index in [1.807, 2.05) is 0 Å². The number of anilines is 1. The summed E-state index contributed by atoms with van der Waals surface area (Å²) in [5.41, 5.74) is 0.200. The molecule has 0 bridgehead atoms. The molecular weight excluding hydrogens is 388 g/mol. The average Bonchev–Trinajstić information content (AvgIpc) is 3.12. The first-order valence-electron chi connectivity index (χ1n) is 12.5. The molecule has 1 aromatic rings. The number of rotatable bonds is 9. The van der Waals surface area contributed by atoms with E-state index in [-0.39, 0.29) is 5.41 Å². The fourth-order valence-electron chi connectivity index (χ4n) is 4.92. The molecule has 0 atom stereocenters. The lowest BCUT2D eigenvalue weighted by Gasteiger charge is -2.43. The topological polar surface area (TPSA) is 49.7 Å². The molecule has 0 N–H and O–H groups in total. The van der Waals surface area contributed by atoms with Gasteiger partial charge in [0.25, 0.3) is 0 Å². The molecule has 31 heavy (non-hydrogen) atoms. The van der Waals surface area contributed by atoms with Crippen LogP contribution in [0, 0.1) is 5.41 Å². The van der Waals surface area contributed by atoms with Crippen LogP contribution in [-0.4, -0.2) is 89.1 Å². The van der Waals surface area contributed by atoms with Crippen LogP contribution in [-0.2, 0) is 17.7 Å². The molecule has 0 aromatic carbocycles. The van der Waals surface area contributed by atoms with Gasteiger partial charge in [0.1, 0.15) is 5.82 Å². The highest BCUT2D eigenvalue weighted by molar-refractivity contribution is 5.32. The van der Waals surface area contributed by atoms with Crippen molar-refractivity contribution in [1.29, 1.82) is 0 Å². The monoisotopic (exact) mass is 434 g/mol. The summed E-state index contributed by atoms with van der Waals surface area (Å²) in [5.74, 6) is 2.17. The van der Waals surface area contributed by atoms with E-state index in [2.05, 4.69) is 71.0 Å². The Bertz CT molecular complexity index is 652. The van der Waals surface area contributed by atoms with E-state index in [0.717, 1.165) is 76.6 Å². The van der Waals surface area contributed by atoms with Gasteiger partial charge >= 0.3 is 0 Å². The zero-order chi connectivity index (χ0) is 22.4. The van der Waals surface area contributed by atoms with Crippen LogP contribution in [0.1, 0.15) is 66.6 Å². The molecule has 1 aromatic heterocycles. The third kappa shape index (κ3) is 6.90. The first kappa shape index (κ1) is 24.5. The van der Waals surface area contributed by atoms with Crippen molar-refractivity contribution in [3.05, 3.63) is 5.82 Å². The molecule has 2 saturated heterocycles. The van der Waals surface area contributed by atoms with Crippen LogP contribution >= 0.6 is 0 Å². The molecule has 0 spiro atoms. The number of hydrogen-bond acceptors (Lipinski definition) is 6. The summed E-state index contributed by atoms with van der Waals surface area (Å²) in [7, 11) is 0. The number of piperazine rings is 1. The Morgan fingerprint density at radius 2 is 1.68 bits per heavy atom. The van der Waals surface area contributed by atoms with Crippen LogP contribution in [0.15, 0.2) is 0 Å². The summed E-state index contributed by atoms with van der Waals surface area (Å²) in [6.45, 7) is 22.9. The molecule has 178 valence electrons. The summed E-state index contributed by atoms with van der Waals surface area (Å²) < 4.78 is 7.95. The number of likely N-dealkylation sites (tertiary alicyclic amines) is 1. The molecular formula is C24H46N6O. The highest BCUT2D eigenvalue weighted by Crippen LogP contribution is 2.25. The van der Waals surface area contributed by atoms with Gasteiger partial charge in [-0.05, 0) is 58.5 Å². The second-order valence-corrected chi connectivity index (χ2v) is 10.7. The summed E-state index contributed by atoms with van der Waals surface area (Å²) in [6.07, 6.45) is 4.57. The van der Waals surface area contributed by atoms with Gasteiger partial charge in [-0.1, -0.05) is 20.8 Å². The summed E-state index contributed by atoms with van der Waals surface area (Å²) >= 11 is 0. The fraction of sp³-hybridized carbons (Fsp3) is 0.917. The minimum Gasteiger partial charge on any atom is -0.382 e. The number of piperidine rings is 1. The Hall–Kier alpha value is -1.18. The van der Waals surface area contributed by atoms with Gasteiger partial charge in [-0.2, -0.15) is 0 Å². The maximum absolute atomic E-state index is 5.58. The van der Waals surface area contributed by atoms with Crippen molar-refractivity contribution >= 4 is 5.95 Å². The first-order chi connectivity index (χ1) is 14.8. The predicted octanol–water partition coefficient (Wildman–Crippen LogP) is 3.29. The third-order valence-corrected chi connectivity index (χ3v) is 6.71. The molecule has 3 rings (SSSR count). The molecule has 3 heterocycles. The van der Waals surface area contributed by atoms with Gasteiger partial charge < -0.3 is 14.5 Å². The van der Waals surface area contributed by atoms with E-state index in [1.54, 1.807) is 0 Å². The number of ether oxygens (including phenoxy) is 1. The first-order valence-corrected chi connectivity index (χ1v) is 12.5. The number of nitrogens with zero attached hydrogens (tertiary/aromatic N) is 6. The summed E-state index contributed by atoms with van der Waals surface area (Å²) in [5, 5.41) is 9.28. The molecule has 0 saturated carbocycles. The van der Waals surface area contributed by atoms with Crippen molar-refractivity contribution in [3.8, 4) is 0 Å². The van der Waals surface area contributed by atoms with Crippen molar-refractivity contribution in [2.75, 3.05) is 57.4 Å². The van der Waals surface area contributed by atoms with Crippen molar-refractivity contribution in [3.63, 3.8) is 0 Å². The summed E-state index contributed by atoms with van der Waals surface area (Å²) in [4.78, 5) is 7.80. The average molecular weight is 435 g/mol. The number of aromatic nitrogens is 3. The van der Waals surface area contributed by atoms with Gasteiger partial charge in [0.2, 0.25) is 5.95 Å². The van der Waals surface area contributed by atoms with Gasteiger partial charge in [-0.15, -0.1) is 10.2 Å². The molecule has 0 amide bonds. The maximum atomic E-state index is 5.58. The van der Waals surface area contributed by atoms with Gasteiger partial charge in [0, 0.05) is 64.4 Å². The van der Waals surface area contributed by atoms with Crippen molar-refractivity contribution in [2.24, 2.45) is 5.41 Å². The third-order valence-electron chi connectivity index (χ3n) is 6.71. The normalized spacial score (nSPS) is 20.2. The van der Waals surface area contributed by atoms with Crippen molar-refractivity contribution in [1.82, 2.24) is 24.6 Å². The second kappa shape index (κ2) is 11.1. The highest BCUT2D eigenvalue weighted by Gasteiger charge is 2.30. The second-order valence-electron chi connectivity index (χ2n) is 10.7. The lowest BCUT2D eigenvalue weighted by molar-refractivity contribution is 0.0879. The summed E-state index contributed by atoms with van der Waals surface area (Å²) in [6, 6.07) is 1.42. The Morgan fingerprint density at radius 1 is 1.00 bits per heavy atom. The molecule has 2 fully saturated rings. The van der Waals surface area contributed by atoms with E-state index in [0.29, 0.717) is 6.04 Å². The minimum atomic E-state index is 0.200. The largest absolute Gasteiger partial charge is 0.382 e. The van der Waals surface area contributed by atoms with E-state index in [9.17, 15) is 0 Å². The molecule has 2 aliphatic heterocycles. The van der Waals surface area contributed by atoms with Crippen molar-refractivity contribution < 1.29 is 4.74 Å². The minimum absolute atomic E-state index is 0.200. The van der Waals surface area contributed by atoms with Crippen molar-refractivity contribution in [2.45, 2.75) is 85.9 Å². The van der Waals surface area contributed by atoms with E-state index in [1.165, 1.54) is 25.9 Å². The van der Waals surface area contributed by atoms with Gasteiger partial charge in [0.05, 0.1) is 0 Å². The Balaban J connectivity index is 1.59. The molecule has 2 aliphatic rings. The van der Waals surface area contributed by atoms with E-state index >= 15 is 0 Å². The van der Waals surface area contributed by atoms with E-state index < -0.39 is 0 Å². The Morgan fingerprint density at radius 3 is 2.26 bits per heavy atom. The van der Waals surface area contributed by atoms with Crippen LogP contribution in [0.3, 0.4) is 0 Å². The van der Waals surface area contributed by atoms with Crippen LogP contribution in [0.5, 0.6) is 0 Å².